The molecule has 8 heavy (non-hydrogen) atoms. The second-order valence-corrected chi connectivity index (χ2v) is 1.71. The molecule has 0 amide bonds. The molecule has 0 aliphatic carbocycles. The molecule has 1 heteroatoms. The maximum absolute atomic E-state index is 3.53. The summed E-state index contributed by atoms with van der Waals surface area (Å²) >= 11 is 3.53. The van der Waals surface area contributed by atoms with Crippen molar-refractivity contribution in [2.45, 2.75) is 39.5 Å². The Morgan fingerprint density at radius 1 is 0.875 bits per heavy atom. The maximum Gasteiger partial charge on any atom is -0.0215 e. The molecule has 0 heterocycles. The molecular formula is C7H18S. The zero-order valence-corrected chi connectivity index (χ0v) is 7.17. The van der Waals surface area contributed by atoms with Gasteiger partial charge in [-0.25, -0.2) is 0 Å². The van der Waals surface area contributed by atoms with Crippen molar-refractivity contribution in [2.75, 3.05) is 6.26 Å². The molecule has 0 aliphatic rings. The van der Waals surface area contributed by atoms with Gasteiger partial charge in [-0.1, -0.05) is 39.5 Å². The molecule has 0 atom stereocenters. The van der Waals surface area contributed by atoms with Crippen molar-refractivity contribution in [1.82, 2.24) is 0 Å². The molecule has 0 N–H and O–H groups in total. The summed E-state index contributed by atoms with van der Waals surface area (Å²) in [6.45, 7) is 4.46. The summed E-state index contributed by atoms with van der Waals surface area (Å²) in [5.74, 6) is 0. The van der Waals surface area contributed by atoms with E-state index in [1.165, 1.54) is 25.7 Å². The van der Waals surface area contributed by atoms with E-state index in [2.05, 4.69) is 26.5 Å². The highest BCUT2D eigenvalue weighted by molar-refractivity contribution is 7.79. The van der Waals surface area contributed by atoms with Gasteiger partial charge in [0.15, 0.2) is 0 Å². The molecule has 0 aromatic carbocycles. The van der Waals surface area contributed by atoms with Gasteiger partial charge in [-0.3, -0.25) is 0 Å². The van der Waals surface area contributed by atoms with Gasteiger partial charge in [0.2, 0.25) is 0 Å². The maximum atomic E-state index is 3.53. The van der Waals surface area contributed by atoms with Crippen molar-refractivity contribution in [3.05, 3.63) is 0 Å². The quantitative estimate of drug-likeness (QED) is 0.445. The molecule has 0 nitrogen and oxygen atoms in total. The second-order valence-electron chi connectivity index (χ2n) is 1.71. The molecular weight excluding hydrogens is 116 g/mol. The van der Waals surface area contributed by atoms with E-state index in [0.29, 0.717) is 0 Å². The van der Waals surface area contributed by atoms with Gasteiger partial charge in [0, 0.05) is 0 Å². The van der Waals surface area contributed by atoms with Crippen molar-refractivity contribution in [1.29, 1.82) is 0 Å². The van der Waals surface area contributed by atoms with Gasteiger partial charge in [-0.05, 0) is 6.26 Å². The van der Waals surface area contributed by atoms with E-state index in [9.17, 15) is 0 Å². The normalized spacial score (nSPS) is 7.50. The lowest BCUT2D eigenvalue weighted by atomic mass is 10.2. The first-order valence-corrected chi connectivity index (χ1v) is 4.26. The summed E-state index contributed by atoms with van der Waals surface area (Å²) in [6, 6.07) is 0. The highest BCUT2D eigenvalue weighted by Crippen LogP contribution is 1.95. The SMILES string of the molecule is CCCCCC.CS. The van der Waals surface area contributed by atoms with Crippen LogP contribution in [0.25, 0.3) is 0 Å². The fourth-order valence-electron chi connectivity index (χ4n) is 0.500. The summed E-state index contributed by atoms with van der Waals surface area (Å²) in [4.78, 5) is 0. The molecule has 0 saturated carbocycles. The van der Waals surface area contributed by atoms with Gasteiger partial charge >= 0.3 is 0 Å². The van der Waals surface area contributed by atoms with E-state index in [4.69, 9.17) is 0 Å². The molecule has 0 bridgehead atoms. The molecule has 0 aromatic heterocycles. The van der Waals surface area contributed by atoms with Crippen LogP contribution in [0.4, 0.5) is 0 Å². The standard InChI is InChI=1S/C6H14.CH4S/c1-3-5-6-4-2;1-2/h3-6H2,1-2H3;2H,1H3. The molecule has 0 aliphatic heterocycles. The Labute approximate surface area is 59.1 Å². The van der Waals surface area contributed by atoms with Crippen LogP contribution in [-0.4, -0.2) is 6.26 Å². The minimum atomic E-state index is 1.36. The molecule has 52 valence electrons. The van der Waals surface area contributed by atoms with Gasteiger partial charge < -0.3 is 0 Å². The third-order valence-electron chi connectivity index (χ3n) is 0.957. The fraction of sp³-hybridized carbons (Fsp3) is 1.00. The van der Waals surface area contributed by atoms with Crippen molar-refractivity contribution in [2.24, 2.45) is 0 Å². The first kappa shape index (κ1) is 11.2. The first-order chi connectivity index (χ1) is 3.91. The Kier molecular flexibility index (Phi) is 21.9. The van der Waals surface area contributed by atoms with E-state index in [1.807, 2.05) is 0 Å². The summed E-state index contributed by atoms with van der Waals surface area (Å²) in [7, 11) is 0. The van der Waals surface area contributed by atoms with E-state index in [-0.39, 0.29) is 0 Å². The lowest BCUT2D eigenvalue weighted by molar-refractivity contribution is 0.702. The smallest absolute Gasteiger partial charge is 0.0215 e. The Morgan fingerprint density at radius 3 is 1.25 bits per heavy atom. The van der Waals surface area contributed by atoms with E-state index in [1.54, 1.807) is 6.26 Å². The molecule has 0 saturated heterocycles. The Balaban J connectivity index is 0. The van der Waals surface area contributed by atoms with Crippen molar-refractivity contribution in [3.8, 4) is 0 Å². The van der Waals surface area contributed by atoms with Crippen molar-refractivity contribution < 1.29 is 0 Å². The van der Waals surface area contributed by atoms with Crippen LogP contribution in [0.3, 0.4) is 0 Å². The monoisotopic (exact) mass is 134 g/mol. The topological polar surface area (TPSA) is 0 Å². The third-order valence-corrected chi connectivity index (χ3v) is 0.957. The van der Waals surface area contributed by atoms with E-state index in [0.717, 1.165) is 0 Å². The van der Waals surface area contributed by atoms with Crippen LogP contribution in [0.1, 0.15) is 39.5 Å². The largest absolute Gasteiger partial charge is 0.183 e. The van der Waals surface area contributed by atoms with E-state index < -0.39 is 0 Å². The summed E-state index contributed by atoms with van der Waals surface area (Å²) in [5.41, 5.74) is 0. The molecule has 0 radical (unpaired) electrons. The van der Waals surface area contributed by atoms with Gasteiger partial charge in [-0.15, -0.1) is 0 Å². The number of hydrogen-bond donors (Lipinski definition) is 1. The van der Waals surface area contributed by atoms with E-state index >= 15 is 0 Å². The minimum Gasteiger partial charge on any atom is -0.183 e. The van der Waals surface area contributed by atoms with Crippen molar-refractivity contribution >= 4 is 12.6 Å². The van der Waals surface area contributed by atoms with Gasteiger partial charge in [0.1, 0.15) is 0 Å². The summed E-state index contributed by atoms with van der Waals surface area (Å²) < 4.78 is 0. The molecule has 0 aromatic rings. The Hall–Kier alpha value is 0.350. The lowest BCUT2D eigenvalue weighted by Crippen LogP contribution is -1.66. The van der Waals surface area contributed by atoms with Crippen molar-refractivity contribution in [3.63, 3.8) is 0 Å². The van der Waals surface area contributed by atoms with Crippen LogP contribution < -0.4 is 0 Å². The van der Waals surface area contributed by atoms with Gasteiger partial charge in [0.05, 0.1) is 0 Å². The average molecular weight is 134 g/mol. The predicted octanol–water partition coefficient (Wildman–Crippen LogP) is 3.13. The number of unbranched alkanes of at least 4 members (excludes halogenated alkanes) is 3. The van der Waals surface area contributed by atoms with Crippen LogP contribution in [0, 0.1) is 0 Å². The van der Waals surface area contributed by atoms with Gasteiger partial charge in [-0.2, -0.15) is 12.6 Å². The lowest BCUT2D eigenvalue weighted by Gasteiger charge is -1.86. The number of rotatable bonds is 3. The van der Waals surface area contributed by atoms with Crippen LogP contribution in [0.15, 0.2) is 0 Å². The van der Waals surface area contributed by atoms with Crippen LogP contribution in [0.2, 0.25) is 0 Å². The first-order valence-electron chi connectivity index (χ1n) is 3.36. The zero-order valence-electron chi connectivity index (χ0n) is 6.28. The highest BCUT2D eigenvalue weighted by Gasteiger charge is 1.75. The van der Waals surface area contributed by atoms with Crippen LogP contribution in [-0.2, 0) is 0 Å². The zero-order chi connectivity index (χ0) is 6.83. The molecule has 0 rings (SSSR count). The number of thiol groups is 1. The summed E-state index contributed by atoms with van der Waals surface area (Å²) in [5, 5.41) is 0. The third kappa shape index (κ3) is 16.2. The minimum absolute atomic E-state index is 1.36. The molecule has 0 fully saturated rings. The van der Waals surface area contributed by atoms with Crippen LogP contribution >= 0.6 is 12.6 Å². The summed E-state index contributed by atoms with van der Waals surface area (Å²) in [6.07, 6.45) is 7.23. The number of hydrogen-bond acceptors (Lipinski definition) is 1. The van der Waals surface area contributed by atoms with Crippen LogP contribution in [0.5, 0.6) is 0 Å². The Bertz CT molecular complexity index is 16.3. The molecule has 0 unspecified atom stereocenters. The Morgan fingerprint density at radius 2 is 1.12 bits per heavy atom. The second kappa shape index (κ2) is 15.7. The fourth-order valence-corrected chi connectivity index (χ4v) is 0.500. The molecule has 0 spiro atoms. The average Bonchev–Trinajstić information content (AvgIpc) is 1.88. The predicted molar refractivity (Wildman–Crippen MR) is 44.7 cm³/mol. The van der Waals surface area contributed by atoms with Gasteiger partial charge in [0.25, 0.3) is 0 Å². The highest BCUT2D eigenvalue weighted by atomic mass is 32.1.